The van der Waals surface area contributed by atoms with E-state index in [1.807, 2.05) is 0 Å². The summed E-state index contributed by atoms with van der Waals surface area (Å²) in [5, 5.41) is 3.32. The second kappa shape index (κ2) is 4.13. The van der Waals surface area contributed by atoms with Crippen LogP contribution in [0.3, 0.4) is 0 Å². The molecule has 90 valence electrons. The highest BCUT2D eigenvalue weighted by Crippen LogP contribution is 2.23. The molecule has 17 heavy (non-hydrogen) atoms. The number of aromatic nitrogens is 2. The summed E-state index contributed by atoms with van der Waals surface area (Å²) in [4.78, 5) is 8.03. The molecule has 4 nitrogen and oxygen atoms in total. The molecule has 2 aromatic rings. The van der Waals surface area contributed by atoms with Crippen molar-refractivity contribution < 1.29 is 4.74 Å². The predicted molar refractivity (Wildman–Crippen MR) is 67.1 cm³/mol. The zero-order chi connectivity index (χ0) is 11.8. The second-order valence-electron chi connectivity index (χ2n) is 4.66. The minimum Gasteiger partial charge on any atom is -0.368 e. The van der Waals surface area contributed by atoms with Crippen LogP contribution < -0.4 is 5.32 Å². The van der Waals surface area contributed by atoms with Crippen LogP contribution in [-0.4, -0.2) is 29.7 Å². The Kier molecular flexibility index (Phi) is 2.61. The number of rotatable bonds is 1. The van der Waals surface area contributed by atoms with Gasteiger partial charge in [-0.1, -0.05) is 6.07 Å². The second-order valence-corrected chi connectivity index (χ2v) is 4.66. The van der Waals surface area contributed by atoms with Crippen LogP contribution >= 0.6 is 0 Å². The molecule has 0 amide bonds. The van der Waals surface area contributed by atoms with Crippen molar-refractivity contribution in [2.75, 3.05) is 19.7 Å². The summed E-state index contributed by atoms with van der Waals surface area (Å²) >= 11 is 0. The molecule has 1 aromatic carbocycles. The summed E-state index contributed by atoms with van der Waals surface area (Å²) in [7, 11) is 0. The Morgan fingerprint density at radius 1 is 1.35 bits per heavy atom. The third-order valence-electron chi connectivity index (χ3n) is 3.17. The highest BCUT2D eigenvalue weighted by Gasteiger charge is 2.19. The molecule has 1 aliphatic rings. The van der Waals surface area contributed by atoms with Gasteiger partial charge in [0.2, 0.25) is 0 Å². The van der Waals surface area contributed by atoms with E-state index < -0.39 is 0 Å². The normalized spacial score (nSPS) is 20.9. The summed E-state index contributed by atoms with van der Waals surface area (Å²) < 4.78 is 5.71. The molecule has 1 atom stereocenters. The summed E-state index contributed by atoms with van der Waals surface area (Å²) in [5.74, 6) is 0.931. The molecule has 1 fully saturated rings. The Balaban J connectivity index is 2.03. The van der Waals surface area contributed by atoms with Crippen LogP contribution in [0.5, 0.6) is 0 Å². The number of morpholine rings is 1. The molecule has 1 unspecified atom stereocenters. The lowest BCUT2D eigenvalue weighted by Crippen LogP contribution is -2.33. The number of nitrogens with zero attached hydrogens (tertiary/aromatic N) is 1. The first-order chi connectivity index (χ1) is 8.24. The first-order valence-corrected chi connectivity index (χ1v) is 6.03. The molecular formula is C13H17N3O. The van der Waals surface area contributed by atoms with Crippen LogP contribution in [0.2, 0.25) is 0 Å². The van der Waals surface area contributed by atoms with E-state index in [1.54, 1.807) is 0 Å². The fraction of sp³-hybridized carbons (Fsp3) is 0.462. The average molecular weight is 231 g/mol. The molecule has 4 heteroatoms. The van der Waals surface area contributed by atoms with Gasteiger partial charge < -0.3 is 15.0 Å². The number of aromatic amines is 1. The third kappa shape index (κ3) is 1.94. The maximum absolute atomic E-state index is 5.71. The number of hydrogen-bond donors (Lipinski definition) is 2. The van der Waals surface area contributed by atoms with Crippen LogP contribution in [0.1, 0.15) is 23.1 Å². The molecule has 0 radical (unpaired) electrons. The van der Waals surface area contributed by atoms with Crippen LogP contribution in [0.4, 0.5) is 0 Å². The lowest BCUT2D eigenvalue weighted by atomic mass is 10.1. The van der Waals surface area contributed by atoms with Gasteiger partial charge in [-0.3, -0.25) is 0 Å². The number of ether oxygens (including phenoxy) is 1. The van der Waals surface area contributed by atoms with E-state index in [1.165, 1.54) is 11.1 Å². The van der Waals surface area contributed by atoms with Gasteiger partial charge in [0.05, 0.1) is 17.6 Å². The van der Waals surface area contributed by atoms with E-state index >= 15 is 0 Å². The van der Waals surface area contributed by atoms with Gasteiger partial charge >= 0.3 is 0 Å². The summed E-state index contributed by atoms with van der Waals surface area (Å²) in [6.07, 6.45) is 0.0517. The summed E-state index contributed by atoms with van der Waals surface area (Å²) in [5.41, 5.74) is 4.63. The molecule has 1 aromatic heterocycles. The number of aryl methyl sites for hydroxylation is 2. The number of imidazole rings is 1. The van der Waals surface area contributed by atoms with Gasteiger partial charge in [0.25, 0.3) is 0 Å². The maximum atomic E-state index is 5.71. The van der Waals surface area contributed by atoms with E-state index in [4.69, 9.17) is 4.74 Å². The van der Waals surface area contributed by atoms with E-state index in [9.17, 15) is 0 Å². The number of fused-ring (bicyclic) bond motifs is 1. The standard InChI is InChI=1S/C13H17N3O/c1-8-5-9(2)12-10(6-8)15-13(16-12)11-7-14-3-4-17-11/h5-6,11,14H,3-4,7H2,1-2H3,(H,15,16). The van der Waals surface area contributed by atoms with Crippen molar-refractivity contribution in [2.45, 2.75) is 20.0 Å². The lowest BCUT2D eigenvalue weighted by Gasteiger charge is -2.21. The molecule has 1 aliphatic heterocycles. The monoisotopic (exact) mass is 231 g/mol. The highest BCUT2D eigenvalue weighted by atomic mass is 16.5. The van der Waals surface area contributed by atoms with Crippen LogP contribution in [-0.2, 0) is 4.74 Å². The van der Waals surface area contributed by atoms with E-state index in [0.717, 1.165) is 36.6 Å². The largest absolute Gasteiger partial charge is 0.368 e. The zero-order valence-corrected chi connectivity index (χ0v) is 10.2. The first kappa shape index (κ1) is 10.7. The van der Waals surface area contributed by atoms with Crippen LogP contribution in [0, 0.1) is 13.8 Å². The van der Waals surface area contributed by atoms with Crippen molar-refractivity contribution in [3.05, 3.63) is 29.1 Å². The summed E-state index contributed by atoms with van der Waals surface area (Å²) in [6.45, 7) is 6.71. The summed E-state index contributed by atoms with van der Waals surface area (Å²) in [6, 6.07) is 4.29. The fourth-order valence-electron chi connectivity index (χ4n) is 2.38. The van der Waals surface area contributed by atoms with Gasteiger partial charge in [0, 0.05) is 13.1 Å². The molecule has 1 saturated heterocycles. The van der Waals surface area contributed by atoms with Crippen molar-refractivity contribution in [1.29, 1.82) is 0 Å². The van der Waals surface area contributed by atoms with Crippen molar-refractivity contribution >= 4 is 11.0 Å². The molecule has 0 aliphatic carbocycles. The smallest absolute Gasteiger partial charge is 0.137 e. The Morgan fingerprint density at radius 2 is 2.24 bits per heavy atom. The van der Waals surface area contributed by atoms with Crippen LogP contribution in [0.15, 0.2) is 12.1 Å². The SMILES string of the molecule is Cc1cc(C)c2nc(C3CNCCO3)[nH]c2c1. The van der Waals surface area contributed by atoms with Gasteiger partial charge in [-0.2, -0.15) is 0 Å². The average Bonchev–Trinajstić information content (AvgIpc) is 2.74. The minimum atomic E-state index is 0.0517. The van der Waals surface area contributed by atoms with Gasteiger partial charge in [-0.25, -0.2) is 4.98 Å². The zero-order valence-electron chi connectivity index (χ0n) is 10.2. The predicted octanol–water partition coefficient (Wildman–Crippen LogP) is 1.84. The van der Waals surface area contributed by atoms with Gasteiger partial charge in [-0.15, -0.1) is 0 Å². The number of benzene rings is 1. The minimum absolute atomic E-state index is 0.0517. The van der Waals surface area contributed by atoms with Gasteiger partial charge in [-0.05, 0) is 31.0 Å². The van der Waals surface area contributed by atoms with E-state index in [-0.39, 0.29) is 6.10 Å². The highest BCUT2D eigenvalue weighted by molar-refractivity contribution is 5.79. The Hall–Kier alpha value is -1.39. The Bertz CT molecular complexity index is 541. The lowest BCUT2D eigenvalue weighted by molar-refractivity contribution is 0.0228. The molecule has 2 N–H and O–H groups in total. The van der Waals surface area contributed by atoms with Crippen molar-refractivity contribution in [3.63, 3.8) is 0 Å². The topological polar surface area (TPSA) is 49.9 Å². The Labute approximate surface area is 100 Å². The molecular weight excluding hydrogens is 214 g/mol. The molecule has 3 rings (SSSR count). The molecule has 0 bridgehead atoms. The first-order valence-electron chi connectivity index (χ1n) is 6.03. The van der Waals surface area contributed by atoms with Gasteiger partial charge in [0.1, 0.15) is 11.9 Å². The maximum Gasteiger partial charge on any atom is 0.137 e. The Morgan fingerprint density at radius 3 is 3.00 bits per heavy atom. The molecule has 0 saturated carbocycles. The van der Waals surface area contributed by atoms with Crippen molar-refractivity contribution in [2.24, 2.45) is 0 Å². The van der Waals surface area contributed by atoms with Crippen LogP contribution in [0.25, 0.3) is 11.0 Å². The third-order valence-corrected chi connectivity index (χ3v) is 3.17. The number of nitrogens with one attached hydrogen (secondary N) is 2. The fourth-order valence-corrected chi connectivity index (χ4v) is 2.38. The quantitative estimate of drug-likeness (QED) is 0.787. The molecule has 2 heterocycles. The van der Waals surface area contributed by atoms with Gasteiger partial charge in [0.15, 0.2) is 0 Å². The number of H-pyrrole nitrogens is 1. The van der Waals surface area contributed by atoms with E-state index in [0.29, 0.717) is 0 Å². The van der Waals surface area contributed by atoms with E-state index in [2.05, 4.69) is 41.3 Å². The number of hydrogen-bond acceptors (Lipinski definition) is 3. The molecule has 0 spiro atoms. The van der Waals surface area contributed by atoms with Crippen molar-refractivity contribution in [3.8, 4) is 0 Å². The van der Waals surface area contributed by atoms with Crippen molar-refractivity contribution in [1.82, 2.24) is 15.3 Å².